The highest BCUT2D eigenvalue weighted by molar-refractivity contribution is 5.43. The number of hydrogen-bond donors (Lipinski definition) is 1. The number of benzene rings is 2. The van der Waals surface area contributed by atoms with Gasteiger partial charge in [-0.1, -0.05) is 45.0 Å². The van der Waals surface area contributed by atoms with Crippen LogP contribution in [0.1, 0.15) is 31.9 Å². The van der Waals surface area contributed by atoms with E-state index in [1.807, 2.05) is 36.4 Å². The Morgan fingerprint density at radius 2 is 1.56 bits per heavy atom. The molecule has 4 heteroatoms. The summed E-state index contributed by atoms with van der Waals surface area (Å²) < 4.78 is 17.2. The molecule has 2 rings (SSSR count). The Hall–Kier alpha value is -2.20. The second kappa shape index (κ2) is 8.77. The Morgan fingerprint density at radius 3 is 2.20 bits per heavy atom. The molecule has 0 aliphatic rings. The molecular formula is C21H29NO3. The van der Waals surface area contributed by atoms with Crippen LogP contribution < -0.4 is 19.9 Å². The maximum absolute atomic E-state index is 5.95. The molecule has 0 saturated carbocycles. The highest BCUT2D eigenvalue weighted by Crippen LogP contribution is 2.31. The molecule has 4 nitrogen and oxygen atoms in total. The van der Waals surface area contributed by atoms with Crippen LogP contribution in [0.4, 0.5) is 0 Å². The molecule has 0 unspecified atom stereocenters. The lowest BCUT2D eigenvalue weighted by Gasteiger charge is -2.22. The molecule has 2 aromatic carbocycles. The van der Waals surface area contributed by atoms with Gasteiger partial charge in [0.2, 0.25) is 0 Å². The first-order valence-corrected chi connectivity index (χ1v) is 8.68. The molecule has 0 aliphatic heterocycles. The van der Waals surface area contributed by atoms with Gasteiger partial charge < -0.3 is 19.9 Å². The largest absolute Gasteiger partial charge is 0.493 e. The summed E-state index contributed by atoms with van der Waals surface area (Å²) in [6.45, 7) is 8.06. The van der Waals surface area contributed by atoms with E-state index in [0.29, 0.717) is 19.8 Å². The monoisotopic (exact) mass is 343 g/mol. The minimum atomic E-state index is 0.0389. The van der Waals surface area contributed by atoms with Crippen LogP contribution >= 0.6 is 0 Å². The van der Waals surface area contributed by atoms with Crippen molar-refractivity contribution in [3.8, 4) is 17.2 Å². The first-order valence-electron chi connectivity index (χ1n) is 8.68. The molecule has 0 aromatic heterocycles. The normalized spacial score (nSPS) is 11.2. The smallest absolute Gasteiger partial charge is 0.161 e. The van der Waals surface area contributed by atoms with Crippen LogP contribution in [0.15, 0.2) is 42.5 Å². The summed E-state index contributed by atoms with van der Waals surface area (Å²) in [5.74, 6) is 2.35. The average molecular weight is 343 g/mol. The minimum absolute atomic E-state index is 0.0389. The van der Waals surface area contributed by atoms with Crippen LogP contribution in [0.3, 0.4) is 0 Å². The Balaban J connectivity index is 1.97. The van der Waals surface area contributed by atoms with Crippen LogP contribution in [0.25, 0.3) is 0 Å². The molecular weight excluding hydrogens is 314 g/mol. The van der Waals surface area contributed by atoms with Gasteiger partial charge in [0.05, 0.1) is 7.11 Å². The van der Waals surface area contributed by atoms with E-state index in [2.05, 4.69) is 26.8 Å². The van der Waals surface area contributed by atoms with Crippen LogP contribution in [0.5, 0.6) is 17.2 Å². The zero-order valence-corrected chi connectivity index (χ0v) is 15.7. The first-order chi connectivity index (χ1) is 12.0. The summed E-state index contributed by atoms with van der Waals surface area (Å²) in [6.07, 6.45) is 0.815. The highest BCUT2D eigenvalue weighted by Gasteiger charge is 2.18. The molecule has 25 heavy (non-hydrogen) atoms. The Morgan fingerprint density at radius 1 is 0.880 bits per heavy atom. The van der Waals surface area contributed by atoms with Crippen LogP contribution in [-0.4, -0.2) is 26.9 Å². The summed E-state index contributed by atoms with van der Waals surface area (Å²) in [7, 11) is 1.64. The van der Waals surface area contributed by atoms with Crippen molar-refractivity contribution in [2.75, 3.05) is 26.9 Å². The van der Waals surface area contributed by atoms with Crippen molar-refractivity contribution in [1.82, 2.24) is 0 Å². The lowest BCUT2D eigenvalue weighted by atomic mass is 9.86. The number of ether oxygens (including phenoxy) is 3. The number of methoxy groups -OCH3 is 1. The standard InChI is InChI=1S/C21H29NO3/c1-21(2,3)17-7-5-6-8-18(17)24-13-14-25-20-15-16(11-12-22)9-10-19(20)23-4/h5-10,15H,11-14,22H2,1-4H3. The molecule has 0 aliphatic carbocycles. The van der Waals surface area contributed by atoms with E-state index in [-0.39, 0.29) is 5.41 Å². The topological polar surface area (TPSA) is 53.7 Å². The lowest BCUT2D eigenvalue weighted by Crippen LogP contribution is -2.16. The molecule has 0 radical (unpaired) electrons. The van der Waals surface area contributed by atoms with E-state index in [1.165, 1.54) is 5.56 Å². The van der Waals surface area contributed by atoms with Crippen molar-refractivity contribution in [2.45, 2.75) is 32.6 Å². The van der Waals surface area contributed by atoms with E-state index >= 15 is 0 Å². The second-order valence-electron chi connectivity index (χ2n) is 6.97. The SMILES string of the molecule is COc1ccc(CCN)cc1OCCOc1ccccc1C(C)(C)C. The molecule has 0 saturated heterocycles. The van der Waals surface area contributed by atoms with Crippen molar-refractivity contribution >= 4 is 0 Å². The number of hydrogen-bond acceptors (Lipinski definition) is 4. The van der Waals surface area contributed by atoms with E-state index in [0.717, 1.165) is 29.2 Å². The van der Waals surface area contributed by atoms with Crippen molar-refractivity contribution < 1.29 is 14.2 Å². The summed E-state index contributed by atoms with van der Waals surface area (Å²) in [5.41, 5.74) is 7.99. The predicted molar refractivity (Wildman–Crippen MR) is 102 cm³/mol. The van der Waals surface area contributed by atoms with Crippen molar-refractivity contribution in [3.63, 3.8) is 0 Å². The third-order valence-corrected chi connectivity index (χ3v) is 3.95. The van der Waals surface area contributed by atoms with Gasteiger partial charge in [0.1, 0.15) is 19.0 Å². The fourth-order valence-electron chi connectivity index (χ4n) is 2.67. The fourth-order valence-corrected chi connectivity index (χ4v) is 2.67. The Kier molecular flexibility index (Phi) is 6.71. The highest BCUT2D eigenvalue weighted by atomic mass is 16.5. The molecule has 0 heterocycles. The van der Waals surface area contributed by atoms with E-state index in [9.17, 15) is 0 Å². The van der Waals surface area contributed by atoms with Gasteiger partial charge in [0.25, 0.3) is 0 Å². The number of nitrogens with two attached hydrogens (primary N) is 1. The van der Waals surface area contributed by atoms with Gasteiger partial charge in [0, 0.05) is 0 Å². The summed E-state index contributed by atoms with van der Waals surface area (Å²) in [4.78, 5) is 0. The molecule has 0 fully saturated rings. The van der Waals surface area contributed by atoms with E-state index < -0.39 is 0 Å². The first kappa shape index (κ1) is 19.1. The van der Waals surface area contributed by atoms with Gasteiger partial charge in [-0.05, 0) is 47.7 Å². The zero-order chi connectivity index (χ0) is 18.3. The Labute approximate surface area is 150 Å². The maximum atomic E-state index is 5.95. The molecule has 136 valence electrons. The third kappa shape index (κ3) is 5.40. The van der Waals surface area contributed by atoms with Crippen LogP contribution in [-0.2, 0) is 11.8 Å². The summed E-state index contributed by atoms with van der Waals surface area (Å²) in [6, 6.07) is 14.0. The van der Waals surface area contributed by atoms with Gasteiger partial charge in [0.15, 0.2) is 11.5 Å². The summed E-state index contributed by atoms with van der Waals surface area (Å²) >= 11 is 0. The third-order valence-electron chi connectivity index (χ3n) is 3.95. The van der Waals surface area contributed by atoms with Crippen LogP contribution in [0, 0.1) is 0 Å². The maximum Gasteiger partial charge on any atom is 0.161 e. The molecule has 2 aromatic rings. The number of para-hydroxylation sites is 1. The molecule has 0 amide bonds. The quantitative estimate of drug-likeness (QED) is 0.737. The minimum Gasteiger partial charge on any atom is -0.493 e. The van der Waals surface area contributed by atoms with Gasteiger partial charge in [-0.3, -0.25) is 0 Å². The van der Waals surface area contributed by atoms with Crippen molar-refractivity contribution in [3.05, 3.63) is 53.6 Å². The lowest BCUT2D eigenvalue weighted by molar-refractivity contribution is 0.208. The zero-order valence-electron chi connectivity index (χ0n) is 15.7. The molecule has 0 bridgehead atoms. The fraction of sp³-hybridized carbons (Fsp3) is 0.429. The molecule has 0 spiro atoms. The molecule has 0 atom stereocenters. The van der Waals surface area contributed by atoms with Crippen molar-refractivity contribution in [1.29, 1.82) is 0 Å². The van der Waals surface area contributed by atoms with Gasteiger partial charge in [-0.2, -0.15) is 0 Å². The van der Waals surface area contributed by atoms with Gasteiger partial charge in [-0.25, -0.2) is 0 Å². The van der Waals surface area contributed by atoms with Crippen LogP contribution in [0.2, 0.25) is 0 Å². The molecule has 2 N–H and O–H groups in total. The summed E-state index contributed by atoms with van der Waals surface area (Å²) in [5, 5.41) is 0. The number of rotatable bonds is 8. The van der Waals surface area contributed by atoms with E-state index in [4.69, 9.17) is 19.9 Å². The average Bonchev–Trinajstić information content (AvgIpc) is 2.59. The van der Waals surface area contributed by atoms with Crippen molar-refractivity contribution in [2.24, 2.45) is 5.73 Å². The van der Waals surface area contributed by atoms with Gasteiger partial charge >= 0.3 is 0 Å². The van der Waals surface area contributed by atoms with E-state index in [1.54, 1.807) is 7.11 Å². The second-order valence-corrected chi connectivity index (χ2v) is 6.97. The van der Waals surface area contributed by atoms with Gasteiger partial charge in [-0.15, -0.1) is 0 Å². The predicted octanol–water partition coefficient (Wildman–Crippen LogP) is 3.95. The Bertz CT molecular complexity index is 677.